The summed E-state index contributed by atoms with van der Waals surface area (Å²) in [7, 11) is 3.08. The Balaban J connectivity index is 1.61. The van der Waals surface area contributed by atoms with Crippen molar-refractivity contribution in [1.29, 1.82) is 0 Å². The van der Waals surface area contributed by atoms with Crippen molar-refractivity contribution >= 4 is 28.4 Å². The fourth-order valence-electron chi connectivity index (χ4n) is 4.92. The smallest absolute Gasteiger partial charge is 0.295 e. The Hall–Kier alpha value is -4.52. The molecule has 2 N–H and O–H groups in total. The first-order valence-electron chi connectivity index (χ1n) is 12.0. The number of ketones is 1. The summed E-state index contributed by atoms with van der Waals surface area (Å²) in [6.07, 6.45) is 2.45. The third-order valence-electron chi connectivity index (χ3n) is 6.90. The lowest BCUT2D eigenvalue weighted by molar-refractivity contribution is -0.139. The maximum absolute atomic E-state index is 13.4. The average molecular weight is 497 g/mol. The molecule has 1 aromatic heterocycles. The molecule has 1 aliphatic heterocycles. The van der Waals surface area contributed by atoms with E-state index in [1.165, 1.54) is 12.0 Å². The van der Waals surface area contributed by atoms with Gasteiger partial charge < -0.3 is 24.5 Å². The van der Waals surface area contributed by atoms with Crippen LogP contribution >= 0.6 is 0 Å². The first-order valence-corrected chi connectivity index (χ1v) is 12.0. The fraction of sp³-hybridized carbons (Fsp3) is 0.200. The van der Waals surface area contributed by atoms with Crippen LogP contribution in [0.1, 0.15) is 28.3 Å². The maximum Gasteiger partial charge on any atom is 0.295 e. The fourth-order valence-corrected chi connectivity index (χ4v) is 4.92. The van der Waals surface area contributed by atoms with Crippen molar-refractivity contribution in [2.75, 3.05) is 20.8 Å². The number of para-hydroxylation sites is 1. The number of nitrogens with one attached hydrogen (secondary N) is 1. The molecule has 1 saturated heterocycles. The summed E-state index contributed by atoms with van der Waals surface area (Å²) >= 11 is 0. The van der Waals surface area contributed by atoms with Gasteiger partial charge in [-0.3, -0.25) is 9.59 Å². The summed E-state index contributed by atoms with van der Waals surface area (Å²) in [5.41, 5.74) is 4.16. The van der Waals surface area contributed by atoms with Crippen molar-refractivity contribution < 1.29 is 24.2 Å². The van der Waals surface area contributed by atoms with Crippen molar-refractivity contribution in [2.45, 2.75) is 19.4 Å². The molecule has 0 radical (unpaired) electrons. The predicted molar refractivity (Wildman–Crippen MR) is 142 cm³/mol. The number of aromatic nitrogens is 1. The second kappa shape index (κ2) is 9.85. The summed E-state index contributed by atoms with van der Waals surface area (Å²) in [5.74, 6) is -0.555. The van der Waals surface area contributed by atoms with Gasteiger partial charge in [0.15, 0.2) is 0 Å². The van der Waals surface area contributed by atoms with Crippen molar-refractivity contribution in [2.24, 2.45) is 0 Å². The van der Waals surface area contributed by atoms with Crippen LogP contribution in [-0.2, 0) is 16.0 Å². The number of carbonyl (C=O) groups is 2. The highest BCUT2D eigenvalue weighted by Crippen LogP contribution is 2.43. The summed E-state index contributed by atoms with van der Waals surface area (Å²) in [4.78, 5) is 31.6. The van der Waals surface area contributed by atoms with Crippen LogP contribution in [0.25, 0.3) is 16.7 Å². The Morgan fingerprint density at radius 2 is 1.76 bits per heavy atom. The molecule has 0 bridgehead atoms. The molecule has 0 saturated carbocycles. The molecule has 4 aromatic rings. The molecule has 1 atom stereocenters. The van der Waals surface area contributed by atoms with Crippen LogP contribution in [0.2, 0.25) is 0 Å². The van der Waals surface area contributed by atoms with E-state index in [1.54, 1.807) is 37.4 Å². The van der Waals surface area contributed by atoms with Gasteiger partial charge in [-0.1, -0.05) is 48.0 Å². The highest BCUT2D eigenvalue weighted by molar-refractivity contribution is 6.46. The highest BCUT2D eigenvalue weighted by atomic mass is 16.5. The summed E-state index contributed by atoms with van der Waals surface area (Å²) < 4.78 is 11.0. The summed E-state index contributed by atoms with van der Waals surface area (Å²) in [6.45, 7) is 2.21. The Bertz CT molecular complexity index is 1520. The molecule has 188 valence electrons. The molecule has 37 heavy (non-hydrogen) atoms. The molecule has 1 amide bonds. The number of aliphatic hydroxyl groups is 1. The standard InChI is InChI=1S/C30H28N2O5/c1-18-8-10-19(11-9-18)28(33)26-27(23-13-12-21(36-2)16-25(23)37-3)32(30(35)29(26)34)15-14-20-17-31-24-7-5-4-6-22(20)24/h4-13,16-17,27,31,33H,14-15H2,1-3H3/t27-/m1/s1. The van der Waals surface area contributed by atoms with Gasteiger partial charge in [-0.2, -0.15) is 0 Å². The molecule has 7 heteroatoms. The van der Waals surface area contributed by atoms with Crippen molar-refractivity contribution in [3.8, 4) is 11.5 Å². The number of nitrogens with zero attached hydrogens (tertiary/aromatic N) is 1. The lowest BCUT2D eigenvalue weighted by atomic mass is 9.94. The normalized spacial score (nSPS) is 16.9. The van der Waals surface area contributed by atoms with Crippen LogP contribution < -0.4 is 9.47 Å². The minimum absolute atomic E-state index is 0.0382. The van der Waals surface area contributed by atoms with E-state index in [0.29, 0.717) is 29.0 Å². The average Bonchev–Trinajstić information content (AvgIpc) is 3.45. The molecule has 1 aliphatic rings. The lowest BCUT2D eigenvalue weighted by Crippen LogP contribution is -2.31. The number of rotatable bonds is 7. The van der Waals surface area contributed by atoms with Gasteiger partial charge in [-0.15, -0.1) is 0 Å². The van der Waals surface area contributed by atoms with E-state index in [-0.39, 0.29) is 17.9 Å². The number of aromatic amines is 1. The number of ether oxygens (including phenoxy) is 2. The molecule has 0 spiro atoms. The number of aliphatic hydroxyl groups excluding tert-OH is 1. The molecule has 3 aromatic carbocycles. The lowest BCUT2D eigenvalue weighted by Gasteiger charge is -2.27. The molecule has 1 fully saturated rings. The number of benzene rings is 3. The van der Waals surface area contributed by atoms with E-state index in [1.807, 2.05) is 49.5 Å². The van der Waals surface area contributed by atoms with Crippen LogP contribution in [0.4, 0.5) is 0 Å². The molecule has 7 nitrogen and oxygen atoms in total. The molecule has 0 aliphatic carbocycles. The van der Waals surface area contributed by atoms with Crippen LogP contribution in [-0.4, -0.2) is 47.4 Å². The number of amides is 1. The molecule has 0 unspecified atom stereocenters. The van der Waals surface area contributed by atoms with Gasteiger partial charge >= 0.3 is 0 Å². The number of likely N-dealkylation sites (tertiary alicyclic amines) is 1. The van der Waals surface area contributed by atoms with Crippen LogP contribution in [0.15, 0.2) is 78.5 Å². The van der Waals surface area contributed by atoms with E-state index in [9.17, 15) is 14.7 Å². The highest BCUT2D eigenvalue weighted by Gasteiger charge is 2.47. The Labute approximate surface area is 214 Å². The predicted octanol–water partition coefficient (Wildman–Crippen LogP) is 5.16. The van der Waals surface area contributed by atoms with E-state index >= 15 is 0 Å². The van der Waals surface area contributed by atoms with Gasteiger partial charge in [0, 0.05) is 40.8 Å². The largest absolute Gasteiger partial charge is 0.507 e. The van der Waals surface area contributed by atoms with Crippen molar-refractivity contribution in [3.05, 3.63) is 101 Å². The molecule has 2 heterocycles. The van der Waals surface area contributed by atoms with Crippen LogP contribution in [0, 0.1) is 6.92 Å². The Morgan fingerprint density at radius 3 is 2.49 bits per heavy atom. The van der Waals surface area contributed by atoms with Gasteiger partial charge in [0.05, 0.1) is 25.8 Å². The van der Waals surface area contributed by atoms with Gasteiger partial charge in [0.2, 0.25) is 0 Å². The van der Waals surface area contributed by atoms with E-state index in [0.717, 1.165) is 22.0 Å². The molecular formula is C30H28N2O5. The first-order chi connectivity index (χ1) is 17.9. The summed E-state index contributed by atoms with van der Waals surface area (Å²) in [6, 6.07) is 19.5. The zero-order chi connectivity index (χ0) is 26.1. The van der Waals surface area contributed by atoms with Crippen LogP contribution in [0.5, 0.6) is 11.5 Å². The quantitative estimate of drug-likeness (QED) is 0.210. The second-order valence-electron chi connectivity index (χ2n) is 9.08. The number of fused-ring (bicyclic) bond motifs is 1. The number of hydrogen-bond acceptors (Lipinski definition) is 5. The summed E-state index contributed by atoms with van der Waals surface area (Å²) in [5, 5.41) is 12.4. The molecular weight excluding hydrogens is 468 g/mol. The van der Waals surface area contributed by atoms with Gasteiger partial charge in [-0.25, -0.2) is 0 Å². The van der Waals surface area contributed by atoms with Crippen molar-refractivity contribution in [3.63, 3.8) is 0 Å². The number of aryl methyl sites for hydroxylation is 1. The third-order valence-corrected chi connectivity index (χ3v) is 6.90. The number of Topliss-reactive ketones (excluding diaryl/α,β-unsaturated/α-hetero) is 1. The number of H-pyrrole nitrogens is 1. The van der Waals surface area contributed by atoms with E-state index < -0.39 is 17.7 Å². The number of methoxy groups -OCH3 is 2. The minimum Gasteiger partial charge on any atom is -0.507 e. The molecule has 5 rings (SSSR count). The zero-order valence-corrected chi connectivity index (χ0v) is 20.9. The monoisotopic (exact) mass is 496 g/mol. The number of carbonyl (C=O) groups excluding carboxylic acids is 2. The number of hydrogen-bond donors (Lipinski definition) is 2. The minimum atomic E-state index is -0.827. The van der Waals surface area contributed by atoms with Gasteiger partial charge in [0.25, 0.3) is 11.7 Å². The zero-order valence-electron chi connectivity index (χ0n) is 20.9. The van der Waals surface area contributed by atoms with Crippen LogP contribution in [0.3, 0.4) is 0 Å². The van der Waals surface area contributed by atoms with E-state index in [2.05, 4.69) is 4.98 Å². The Morgan fingerprint density at radius 1 is 1.00 bits per heavy atom. The van der Waals surface area contributed by atoms with Gasteiger partial charge in [0.1, 0.15) is 17.3 Å². The van der Waals surface area contributed by atoms with E-state index in [4.69, 9.17) is 9.47 Å². The maximum atomic E-state index is 13.4. The second-order valence-corrected chi connectivity index (χ2v) is 9.08. The SMILES string of the molecule is COc1ccc([C@@H]2C(=C(O)c3ccc(C)cc3)C(=O)C(=O)N2CCc2c[nH]c3ccccc23)c(OC)c1. The first kappa shape index (κ1) is 24.2. The van der Waals surface area contributed by atoms with Crippen molar-refractivity contribution in [1.82, 2.24) is 9.88 Å². The topological polar surface area (TPSA) is 91.9 Å². The third kappa shape index (κ3) is 4.33. The van der Waals surface area contributed by atoms with Gasteiger partial charge in [-0.05, 0) is 37.1 Å². The Kier molecular flexibility index (Phi) is 6.44.